The average molecular weight is 366 g/mol. The molecule has 0 bridgehead atoms. The second-order valence-corrected chi connectivity index (χ2v) is 9.59. The van der Waals surface area contributed by atoms with Gasteiger partial charge in [0.25, 0.3) is 0 Å². The third-order valence-corrected chi connectivity index (χ3v) is 5.63. The second-order valence-electron chi connectivity index (χ2n) is 6.20. The highest BCUT2D eigenvalue weighted by Gasteiger charge is 2.26. The minimum absolute atomic E-state index is 0.171. The van der Waals surface area contributed by atoms with Crippen LogP contribution in [-0.2, 0) is 19.4 Å². The van der Waals surface area contributed by atoms with Crippen molar-refractivity contribution >= 4 is 27.1 Å². The van der Waals surface area contributed by atoms with Gasteiger partial charge in [-0.1, -0.05) is 11.3 Å². The molecular weight excluding hydrogens is 344 g/mol. The first-order valence-electron chi connectivity index (χ1n) is 7.00. The van der Waals surface area contributed by atoms with Crippen molar-refractivity contribution in [3.63, 3.8) is 0 Å². The molecule has 0 aliphatic heterocycles. The number of sulfone groups is 1. The lowest BCUT2D eigenvalue weighted by Crippen LogP contribution is -2.30. The van der Waals surface area contributed by atoms with Crippen molar-refractivity contribution in [1.82, 2.24) is 10.2 Å². The van der Waals surface area contributed by atoms with E-state index in [0.29, 0.717) is 5.01 Å². The van der Waals surface area contributed by atoms with E-state index < -0.39 is 39.4 Å². The van der Waals surface area contributed by atoms with E-state index in [1.54, 1.807) is 27.7 Å². The number of rotatable bonds is 7. The molecule has 0 aromatic carbocycles. The first kappa shape index (κ1) is 19.9. The van der Waals surface area contributed by atoms with Crippen LogP contribution in [0.25, 0.3) is 0 Å². The van der Waals surface area contributed by atoms with Crippen LogP contribution in [0.3, 0.4) is 0 Å². The van der Waals surface area contributed by atoms with Gasteiger partial charge >= 0.3 is 5.97 Å². The summed E-state index contributed by atoms with van der Waals surface area (Å²) in [6.45, 7) is 6.71. The van der Waals surface area contributed by atoms with Crippen LogP contribution in [0.5, 0.6) is 0 Å². The third kappa shape index (κ3) is 7.34. The Morgan fingerprint density at radius 1 is 1.26 bits per heavy atom. The van der Waals surface area contributed by atoms with Crippen molar-refractivity contribution in [3.8, 4) is 0 Å². The van der Waals surface area contributed by atoms with Gasteiger partial charge in [0, 0.05) is 6.42 Å². The molecule has 0 saturated heterocycles. The number of carbonyl (C=O) groups is 1. The van der Waals surface area contributed by atoms with E-state index in [2.05, 4.69) is 10.2 Å². The number of aromatic nitrogens is 2. The summed E-state index contributed by atoms with van der Waals surface area (Å²) in [7, 11) is -3.77. The van der Waals surface area contributed by atoms with Crippen LogP contribution in [-0.4, -0.2) is 58.4 Å². The van der Waals surface area contributed by atoms with Crippen LogP contribution >= 0.6 is 11.3 Å². The van der Waals surface area contributed by atoms with Crippen LogP contribution in [0.2, 0.25) is 0 Å². The molecule has 0 aliphatic rings. The Morgan fingerprint density at radius 2 is 1.87 bits per heavy atom. The Hall–Kier alpha value is -1.10. The predicted octanol–water partition coefficient (Wildman–Crippen LogP) is 0.464. The van der Waals surface area contributed by atoms with Gasteiger partial charge in [-0.05, 0) is 27.7 Å². The summed E-state index contributed by atoms with van der Waals surface area (Å²) in [6, 6.07) is 0. The van der Waals surface area contributed by atoms with Crippen molar-refractivity contribution in [1.29, 1.82) is 0 Å². The molecule has 23 heavy (non-hydrogen) atoms. The highest BCUT2D eigenvalue weighted by Crippen LogP contribution is 2.18. The molecule has 1 rings (SSSR count). The smallest absolute Gasteiger partial charge is 0.308 e. The topological polar surface area (TPSA) is 127 Å². The van der Waals surface area contributed by atoms with Crippen molar-refractivity contribution in [2.45, 2.75) is 62.7 Å². The molecule has 0 amide bonds. The average Bonchev–Trinajstić information content (AvgIpc) is 2.72. The van der Waals surface area contributed by atoms with Gasteiger partial charge in [-0.3, -0.25) is 4.79 Å². The lowest BCUT2D eigenvalue weighted by atomic mass is 10.1. The van der Waals surface area contributed by atoms with Crippen LogP contribution in [0.1, 0.15) is 38.6 Å². The van der Waals surface area contributed by atoms with Crippen LogP contribution in [0.15, 0.2) is 4.34 Å². The standard InChI is InChI=1S/C13H22N2O6S2/c1-8-14-15-12(22-8)23(19,20)7-10(17)5-9(16)6-11(18)21-13(2,3)4/h9-10,16-17H,5-7H2,1-4H3/t9-,10+/m1/s1. The molecule has 8 nitrogen and oxygen atoms in total. The van der Waals surface area contributed by atoms with E-state index in [0.717, 1.165) is 11.3 Å². The molecule has 0 aliphatic carbocycles. The minimum atomic E-state index is -3.77. The van der Waals surface area contributed by atoms with Gasteiger partial charge in [-0.15, -0.1) is 10.2 Å². The molecule has 0 saturated carbocycles. The maximum atomic E-state index is 12.0. The number of esters is 1. The van der Waals surface area contributed by atoms with Crippen molar-refractivity contribution in [3.05, 3.63) is 5.01 Å². The molecule has 1 heterocycles. The summed E-state index contributed by atoms with van der Waals surface area (Å²) in [4.78, 5) is 11.6. The Kier molecular flexibility index (Phi) is 6.63. The molecule has 0 unspecified atom stereocenters. The van der Waals surface area contributed by atoms with E-state index in [9.17, 15) is 23.4 Å². The minimum Gasteiger partial charge on any atom is -0.460 e. The van der Waals surface area contributed by atoms with Gasteiger partial charge in [-0.2, -0.15) is 0 Å². The van der Waals surface area contributed by atoms with Crippen molar-refractivity contribution in [2.75, 3.05) is 5.75 Å². The summed E-state index contributed by atoms with van der Waals surface area (Å²) in [6.07, 6.45) is -3.07. The number of aliphatic hydroxyl groups is 2. The first-order chi connectivity index (χ1) is 10.4. The summed E-state index contributed by atoms with van der Waals surface area (Å²) in [5.41, 5.74) is -0.672. The van der Waals surface area contributed by atoms with E-state index in [4.69, 9.17) is 4.74 Å². The Labute approximate surface area is 139 Å². The fourth-order valence-electron chi connectivity index (χ4n) is 1.77. The molecule has 0 spiro atoms. The zero-order valence-corrected chi connectivity index (χ0v) is 15.1. The van der Waals surface area contributed by atoms with Crippen LogP contribution in [0.4, 0.5) is 0 Å². The predicted molar refractivity (Wildman–Crippen MR) is 83.8 cm³/mol. The van der Waals surface area contributed by atoms with Gasteiger partial charge in [0.15, 0.2) is 0 Å². The third-order valence-electron chi connectivity index (χ3n) is 2.55. The van der Waals surface area contributed by atoms with Crippen LogP contribution in [0, 0.1) is 6.92 Å². The van der Waals surface area contributed by atoms with Gasteiger partial charge in [-0.25, -0.2) is 8.42 Å². The van der Waals surface area contributed by atoms with Gasteiger partial charge < -0.3 is 14.9 Å². The number of aliphatic hydroxyl groups excluding tert-OH is 2. The number of ether oxygens (including phenoxy) is 1. The number of hydrogen-bond donors (Lipinski definition) is 2. The van der Waals surface area contributed by atoms with Gasteiger partial charge in [0.2, 0.25) is 14.2 Å². The Morgan fingerprint density at radius 3 is 2.35 bits per heavy atom. The van der Waals surface area contributed by atoms with E-state index in [1.807, 2.05) is 0 Å². The highest BCUT2D eigenvalue weighted by atomic mass is 32.2. The fraction of sp³-hybridized carbons (Fsp3) is 0.769. The second kappa shape index (κ2) is 7.65. The number of aryl methyl sites for hydroxylation is 1. The monoisotopic (exact) mass is 366 g/mol. The summed E-state index contributed by atoms with van der Waals surface area (Å²) in [5.74, 6) is -1.20. The van der Waals surface area contributed by atoms with E-state index >= 15 is 0 Å². The fourth-order valence-corrected chi connectivity index (χ4v) is 4.21. The highest BCUT2D eigenvalue weighted by molar-refractivity contribution is 7.93. The number of nitrogens with zero attached hydrogens (tertiary/aromatic N) is 2. The van der Waals surface area contributed by atoms with Crippen LogP contribution < -0.4 is 0 Å². The summed E-state index contributed by atoms with van der Waals surface area (Å²) in [5, 5.41) is 27.3. The Balaban J connectivity index is 2.52. The quantitative estimate of drug-likeness (QED) is 0.667. The maximum absolute atomic E-state index is 12.0. The number of carbonyl (C=O) groups excluding carboxylic acids is 1. The SMILES string of the molecule is Cc1nnc(S(=O)(=O)C[C@@H](O)C[C@@H](O)CC(=O)OC(C)(C)C)s1. The van der Waals surface area contributed by atoms with Crippen molar-refractivity contribution < 1.29 is 28.2 Å². The van der Waals surface area contributed by atoms with E-state index in [-0.39, 0.29) is 17.2 Å². The molecule has 1 aromatic rings. The maximum Gasteiger partial charge on any atom is 0.308 e. The molecule has 2 atom stereocenters. The molecule has 10 heteroatoms. The lowest BCUT2D eigenvalue weighted by Gasteiger charge is -2.21. The number of hydrogen-bond acceptors (Lipinski definition) is 9. The largest absolute Gasteiger partial charge is 0.460 e. The van der Waals surface area contributed by atoms with Crippen molar-refractivity contribution in [2.24, 2.45) is 0 Å². The Bertz CT molecular complexity index is 635. The molecule has 0 radical (unpaired) electrons. The van der Waals surface area contributed by atoms with Gasteiger partial charge in [0.1, 0.15) is 10.6 Å². The van der Waals surface area contributed by atoms with E-state index in [1.165, 1.54) is 0 Å². The molecular formula is C13H22N2O6S2. The summed E-state index contributed by atoms with van der Waals surface area (Å²) >= 11 is 0.915. The molecule has 132 valence electrons. The zero-order chi connectivity index (χ0) is 17.8. The molecule has 0 fully saturated rings. The molecule has 1 aromatic heterocycles. The summed E-state index contributed by atoms with van der Waals surface area (Å²) < 4.78 is 28.9. The lowest BCUT2D eigenvalue weighted by molar-refractivity contribution is -0.157. The van der Waals surface area contributed by atoms with Gasteiger partial charge in [0.05, 0.1) is 24.4 Å². The normalized spacial score (nSPS) is 15.2. The zero-order valence-electron chi connectivity index (χ0n) is 13.5. The molecule has 2 N–H and O–H groups in total. The first-order valence-corrected chi connectivity index (χ1v) is 9.47.